The number of fused-ring (bicyclic) bond motifs is 1. The number of aromatic nitrogens is 1. The Bertz CT molecular complexity index is 1570. The molecule has 0 spiro atoms. The first-order valence-corrected chi connectivity index (χ1v) is 14.1. The van der Waals surface area contributed by atoms with Crippen molar-refractivity contribution in [3.63, 3.8) is 0 Å². The van der Waals surface area contributed by atoms with Crippen LogP contribution in [0.5, 0.6) is 5.75 Å². The molecule has 3 aromatic rings. The lowest BCUT2D eigenvalue weighted by molar-refractivity contribution is 0.0240. The van der Waals surface area contributed by atoms with Crippen LogP contribution in [0.15, 0.2) is 24.3 Å². The molecule has 9 nitrogen and oxygen atoms in total. The van der Waals surface area contributed by atoms with Gasteiger partial charge in [0, 0.05) is 56.3 Å². The molecule has 1 N–H and O–H groups in total. The number of hydrogen-bond acceptors (Lipinski definition) is 8. The Balaban J connectivity index is 1.64. The van der Waals surface area contributed by atoms with Gasteiger partial charge in [-0.1, -0.05) is 17.7 Å². The van der Waals surface area contributed by atoms with Crippen molar-refractivity contribution in [1.82, 2.24) is 14.8 Å². The van der Waals surface area contributed by atoms with Gasteiger partial charge in [0.25, 0.3) is 0 Å². The molecular formula is C30H33ClF2N6O3. The van der Waals surface area contributed by atoms with E-state index >= 15 is 4.39 Å². The van der Waals surface area contributed by atoms with Crippen molar-refractivity contribution in [1.29, 1.82) is 5.26 Å². The highest BCUT2D eigenvalue weighted by Crippen LogP contribution is 2.45. The number of pyridine rings is 1. The number of carbonyl (C=O) groups excluding carboxylic acids is 1. The lowest BCUT2D eigenvalue weighted by Crippen LogP contribution is -2.58. The van der Waals surface area contributed by atoms with E-state index in [1.807, 2.05) is 23.9 Å². The largest absolute Gasteiger partial charge is 0.507 e. The number of benzene rings is 2. The van der Waals surface area contributed by atoms with E-state index in [2.05, 4.69) is 16.0 Å². The van der Waals surface area contributed by atoms with Crippen LogP contribution in [0.3, 0.4) is 0 Å². The lowest BCUT2D eigenvalue weighted by Gasteiger charge is -2.44. The van der Waals surface area contributed by atoms with Crippen molar-refractivity contribution < 1.29 is 23.4 Å². The lowest BCUT2D eigenvalue weighted by atomic mass is 9.97. The molecular weight excluding hydrogens is 566 g/mol. The molecule has 0 unspecified atom stereocenters. The number of phenolic OH excluding ortho intramolecular Hbond substituents is 1. The molecule has 0 aliphatic carbocycles. The predicted octanol–water partition coefficient (Wildman–Crippen LogP) is 5.22. The monoisotopic (exact) mass is 598 g/mol. The standard InChI is InChI=1S/C30H33ClF2N6O3/c1-30(2,3)42-29(41)38-11-9-37(10-12-38)27-18-13-20(31)23(24-21(32)7-6-8-22(24)40)25(33)26(18)35-28(19(27)14-34)39-15-17(16-39)36(4)5/h6-8,13,17,40H,9-12,15-16H2,1-5H3. The van der Waals surface area contributed by atoms with Crippen LogP contribution in [0, 0.1) is 23.0 Å². The second kappa shape index (κ2) is 11.1. The minimum atomic E-state index is -0.901. The normalized spacial score (nSPS) is 16.1. The van der Waals surface area contributed by atoms with Gasteiger partial charge in [-0.15, -0.1) is 0 Å². The molecule has 1 amide bonds. The highest BCUT2D eigenvalue weighted by molar-refractivity contribution is 6.34. The van der Waals surface area contributed by atoms with E-state index in [0.717, 1.165) is 6.07 Å². The maximum Gasteiger partial charge on any atom is 0.410 e. The quantitative estimate of drug-likeness (QED) is 0.437. The first kappa shape index (κ1) is 29.6. The number of nitriles is 1. The van der Waals surface area contributed by atoms with E-state index in [1.54, 1.807) is 25.7 Å². The van der Waals surface area contributed by atoms with Gasteiger partial charge in [0.2, 0.25) is 0 Å². The zero-order chi connectivity index (χ0) is 30.5. The summed E-state index contributed by atoms with van der Waals surface area (Å²) in [6.45, 7) is 7.92. The van der Waals surface area contributed by atoms with Crippen molar-refractivity contribution in [3.8, 4) is 22.9 Å². The molecule has 12 heteroatoms. The summed E-state index contributed by atoms with van der Waals surface area (Å²) in [4.78, 5) is 24.8. The van der Waals surface area contributed by atoms with Gasteiger partial charge in [0.1, 0.15) is 40.1 Å². The fourth-order valence-corrected chi connectivity index (χ4v) is 5.63. The fraction of sp³-hybridized carbons (Fsp3) is 0.433. The third kappa shape index (κ3) is 5.37. The second-order valence-corrected chi connectivity index (χ2v) is 12.2. The summed E-state index contributed by atoms with van der Waals surface area (Å²) in [6.07, 6.45) is -0.429. The molecule has 0 saturated carbocycles. The third-order valence-corrected chi connectivity index (χ3v) is 7.92. The van der Waals surface area contributed by atoms with E-state index < -0.39 is 29.1 Å². The summed E-state index contributed by atoms with van der Waals surface area (Å²) in [5, 5.41) is 21.0. The molecule has 2 fully saturated rings. The van der Waals surface area contributed by atoms with Gasteiger partial charge in [0.15, 0.2) is 5.82 Å². The Morgan fingerprint density at radius 1 is 1.14 bits per heavy atom. The van der Waals surface area contributed by atoms with Crippen LogP contribution < -0.4 is 9.80 Å². The number of halogens is 3. The first-order chi connectivity index (χ1) is 19.8. The van der Waals surface area contributed by atoms with Gasteiger partial charge >= 0.3 is 6.09 Å². The Morgan fingerprint density at radius 3 is 2.38 bits per heavy atom. The van der Waals surface area contributed by atoms with Crippen molar-refractivity contribution in [2.75, 3.05) is 63.2 Å². The maximum absolute atomic E-state index is 16.4. The molecule has 2 saturated heterocycles. The van der Waals surface area contributed by atoms with Crippen LogP contribution in [0.2, 0.25) is 5.02 Å². The van der Waals surface area contributed by atoms with Crippen LogP contribution >= 0.6 is 11.6 Å². The summed E-state index contributed by atoms with van der Waals surface area (Å²) >= 11 is 6.58. The van der Waals surface area contributed by atoms with Crippen molar-refractivity contribution in [2.24, 2.45) is 0 Å². The number of aromatic hydroxyl groups is 1. The molecule has 0 bridgehead atoms. The Labute approximate surface area is 248 Å². The predicted molar refractivity (Wildman–Crippen MR) is 158 cm³/mol. The van der Waals surface area contributed by atoms with Crippen LogP contribution in [0.25, 0.3) is 22.0 Å². The van der Waals surface area contributed by atoms with Crippen molar-refractivity contribution in [2.45, 2.75) is 32.4 Å². The molecule has 1 aromatic heterocycles. The van der Waals surface area contributed by atoms with Crippen LogP contribution in [0.1, 0.15) is 26.3 Å². The summed E-state index contributed by atoms with van der Waals surface area (Å²) in [6, 6.07) is 7.67. The number of piperazine rings is 1. The number of likely N-dealkylation sites (N-methyl/N-ethyl adjacent to an activating group) is 1. The van der Waals surface area contributed by atoms with E-state index in [0.29, 0.717) is 50.8 Å². The number of ether oxygens (including phenoxy) is 1. The van der Waals surface area contributed by atoms with Crippen molar-refractivity contribution in [3.05, 3.63) is 46.5 Å². The van der Waals surface area contributed by atoms with E-state index in [-0.39, 0.29) is 38.7 Å². The number of rotatable bonds is 4. The van der Waals surface area contributed by atoms with Gasteiger partial charge in [0.05, 0.1) is 16.3 Å². The van der Waals surface area contributed by atoms with Crippen LogP contribution in [-0.2, 0) is 4.74 Å². The van der Waals surface area contributed by atoms with E-state index in [4.69, 9.17) is 16.3 Å². The number of anilines is 2. The SMILES string of the molecule is CN(C)C1CN(c2nc3c(F)c(-c4c(O)cccc4F)c(Cl)cc3c(N3CCN(C(=O)OC(C)(C)C)CC3)c2C#N)C1. The van der Waals surface area contributed by atoms with Gasteiger partial charge in [-0.2, -0.15) is 5.26 Å². The average molecular weight is 599 g/mol. The number of hydrogen-bond donors (Lipinski definition) is 1. The molecule has 0 radical (unpaired) electrons. The number of amides is 1. The number of nitrogens with zero attached hydrogens (tertiary/aromatic N) is 6. The minimum absolute atomic E-state index is 0.0936. The summed E-state index contributed by atoms with van der Waals surface area (Å²) in [7, 11) is 3.93. The maximum atomic E-state index is 16.4. The Morgan fingerprint density at radius 2 is 1.81 bits per heavy atom. The number of phenols is 1. The molecule has 2 aliphatic rings. The zero-order valence-electron chi connectivity index (χ0n) is 24.2. The fourth-order valence-electron chi connectivity index (χ4n) is 5.34. The minimum Gasteiger partial charge on any atom is -0.507 e. The van der Waals surface area contributed by atoms with Gasteiger partial charge < -0.3 is 29.4 Å². The molecule has 42 heavy (non-hydrogen) atoms. The second-order valence-electron chi connectivity index (χ2n) is 11.8. The molecule has 222 valence electrons. The van der Waals surface area contributed by atoms with Crippen LogP contribution in [-0.4, -0.2) is 91.0 Å². The highest BCUT2D eigenvalue weighted by atomic mass is 35.5. The molecule has 2 aliphatic heterocycles. The summed E-state index contributed by atoms with van der Waals surface area (Å²) < 4.78 is 36.8. The van der Waals surface area contributed by atoms with Crippen LogP contribution in [0.4, 0.5) is 25.1 Å². The third-order valence-electron chi connectivity index (χ3n) is 7.62. The van der Waals surface area contributed by atoms with Gasteiger partial charge in [-0.25, -0.2) is 18.6 Å². The first-order valence-electron chi connectivity index (χ1n) is 13.7. The summed E-state index contributed by atoms with van der Waals surface area (Å²) in [5.41, 5.74) is -0.693. The Hall–Kier alpha value is -3.88. The molecule has 3 heterocycles. The molecule has 5 rings (SSSR count). The van der Waals surface area contributed by atoms with Crippen molar-refractivity contribution >= 4 is 40.1 Å². The van der Waals surface area contributed by atoms with E-state index in [1.165, 1.54) is 18.2 Å². The average Bonchev–Trinajstić information content (AvgIpc) is 2.88. The topological polar surface area (TPSA) is 96.2 Å². The molecule has 2 aromatic carbocycles. The number of carbonyl (C=O) groups is 1. The molecule has 0 atom stereocenters. The van der Waals surface area contributed by atoms with Gasteiger partial charge in [-0.05, 0) is 53.1 Å². The summed E-state index contributed by atoms with van der Waals surface area (Å²) in [5.74, 6) is -1.88. The zero-order valence-corrected chi connectivity index (χ0v) is 25.0. The smallest absolute Gasteiger partial charge is 0.410 e. The van der Waals surface area contributed by atoms with E-state index in [9.17, 15) is 19.6 Å². The highest BCUT2D eigenvalue weighted by Gasteiger charge is 2.35. The van der Waals surface area contributed by atoms with Gasteiger partial charge in [-0.3, -0.25) is 0 Å². The Kier molecular flexibility index (Phi) is 7.81.